The van der Waals surface area contributed by atoms with Crippen molar-refractivity contribution in [2.75, 3.05) is 13.1 Å². The molecular formula is C21H24N4O2. The molecule has 2 aromatic heterocycles. The predicted molar refractivity (Wildman–Crippen MR) is 104 cm³/mol. The van der Waals surface area contributed by atoms with E-state index in [1.807, 2.05) is 48.6 Å². The molecule has 0 unspecified atom stereocenters. The van der Waals surface area contributed by atoms with Gasteiger partial charge in [-0.25, -0.2) is 4.98 Å². The molecule has 6 nitrogen and oxygen atoms in total. The van der Waals surface area contributed by atoms with Crippen LogP contribution in [0.4, 0.5) is 0 Å². The maximum absolute atomic E-state index is 12.9. The molecular weight excluding hydrogens is 340 g/mol. The quantitative estimate of drug-likeness (QED) is 0.714. The van der Waals surface area contributed by atoms with Crippen molar-refractivity contribution in [3.05, 3.63) is 65.0 Å². The number of nitrogens with zero attached hydrogens (tertiary/aromatic N) is 4. The molecule has 0 N–H and O–H groups in total. The fourth-order valence-electron chi connectivity index (χ4n) is 4.03. The van der Waals surface area contributed by atoms with Gasteiger partial charge in [0.05, 0.1) is 11.8 Å². The molecule has 6 heteroatoms. The minimum atomic E-state index is -0.119. The highest BCUT2D eigenvalue weighted by molar-refractivity contribution is 5.84. The summed E-state index contributed by atoms with van der Waals surface area (Å²) in [4.78, 5) is 31.5. The van der Waals surface area contributed by atoms with E-state index in [0.29, 0.717) is 5.92 Å². The van der Waals surface area contributed by atoms with Crippen LogP contribution >= 0.6 is 0 Å². The Kier molecular flexibility index (Phi) is 4.79. The summed E-state index contributed by atoms with van der Waals surface area (Å²) in [6.45, 7) is 4.39. The van der Waals surface area contributed by atoms with E-state index in [1.165, 1.54) is 0 Å². The molecule has 140 valence electrons. The lowest BCUT2D eigenvalue weighted by molar-refractivity contribution is -0.133. The highest BCUT2D eigenvalue weighted by atomic mass is 16.2. The Labute approximate surface area is 158 Å². The Morgan fingerprint density at radius 1 is 1.30 bits per heavy atom. The lowest BCUT2D eigenvalue weighted by Crippen LogP contribution is -2.43. The van der Waals surface area contributed by atoms with Crippen LogP contribution in [0.2, 0.25) is 0 Å². The van der Waals surface area contributed by atoms with Crippen LogP contribution < -0.4 is 5.56 Å². The molecule has 1 atom stereocenters. The summed E-state index contributed by atoms with van der Waals surface area (Å²) < 4.78 is 3.67. The summed E-state index contributed by atoms with van der Waals surface area (Å²) >= 11 is 0. The number of fused-ring (bicyclic) bond motifs is 1. The van der Waals surface area contributed by atoms with Gasteiger partial charge >= 0.3 is 0 Å². The number of hydrogen-bond donors (Lipinski definition) is 0. The summed E-state index contributed by atoms with van der Waals surface area (Å²) in [5.41, 5.74) is 1.65. The molecule has 3 heterocycles. The van der Waals surface area contributed by atoms with Gasteiger partial charge in [0.2, 0.25) is 5.91 Å². The second kappa shape index (κ2) is 7.39. The third kappa shape index (κ3) is 3.65. The maximum Gasteiger partial charge on any atom is 0.251 e. The topological polar surface area (TPSA) is 60.1 Å². The van der Waals surface area contributed by atoms with Gasteiger partial charge in [-0.3, -0.25) is 14.2 Å². The minimum absolute atomic E-state index is 0.0152. The second-order valence-electron chi connectivity index (χ2n) is 7.38. The number of aromatic nitrogens is 3. The highest BCUT2D eigenvalue weighted by Crippen LogP contribution is 2.20. The van der Waals surface area contributed by atoms with E-state index >= 15 is 0 Å². The monoisotopic (exact) mass is 364 g/mol. The van der Waals surface area contributed by atoms with Gasteiger partial charge in [-0.05, 0) is 37.3 Å². The van der Waals surface area contributed by atoms with Gasteiger partial charge in [-0.1, -0.05) is 18.2 Å². The van der Waals surface area contributed by atoms with Gasteiger partial charge < -0.3 is 9.47 Å². The zero-order valence-corrected chi connectivity index (χ0v) is 15.5. The average Bonchev–Trinajstić information content (AvgIpc) is 3.18. The molecule has 0 radical (unpaired) electrons. The van der Waals surface area contributed by atoms with Crippen molar-refractivity contribution >= 4 is 16.8 Å². The van der Waals surface area contributed by atoms with E-state index in [2.05, 4.69) is 9.55 Å². The predicted octanol–water partition coefficient (Wildman–Crippen LogP) is 2.45. The van der Waals surface area contributed by atoms with Gasteiger partial charge in [-0.2, -0.15) is 0 Å². The number of pyridine rings is 1. The van der Waals surface area contributed by atoms with Gasteiger partial charge in [0.1, 0.15) is 6.54 Å². The van der Waals surface area contributed by atoms with E-state index in [1.54, 1.807) is 16.8 Å². The van der Waals surface area contributed by atoms with Crippen LogP contribution in [0.3, 0.4) is 0 Å². The molecule has 0 spiro atoms. The second-order valence-corrected chi connectivity index (χ2v) is 7.38. The first-order chi connectivity index (χ1) is 13.1. The Morgan fingerprint density at radius 3 is 2.96 bits per heavy atom. The van der Waals surface area contributed by atoms with Crippen molar-refractivity contribution in [1.82, 2.24) is 19.0 Å². The summed E-state index contributed by atoms with van der Waals surface area (Å²) in [5.74, 6) is 0.435. The number of likely N-dealkylation sites (tertiary alicyclic amines) is 1. The zero-order chi connectivity index (χ0) is 18.8. The lowest BCUT2D eigenvalue weighted by atomic mass is 9.98. The minimum Gasteiger partial charge on any atom is -0.341 e. The lowest BCUT2D eigenvalue weighted by Gasteiger charge is -2.33. The zero-order valence-electron chi connectivity index (χ0n) is 15.5. The van der Waals surface area contributed by atoms with Crippen molar-refractivity contribution in [1.29, 1.82) is 0 Å². The number of benzene rings is 1. The van der Waals surface area contributed by atoms with E-state index in [4.69, 9.17) is 0 Å². The Morgan fingerprint density at radius 2 is 2.15 bits per heavy atom. The van der Waals surface area contributed by atoms with Crippen LogP contribution in [0.1, 0.15) is 18.4 Å². The van der Waals surface area contributed by atoms with Gasteiger partial charge in [-0.15, -0.1) is 0 Å². The molecule has 0 aliphatic carbocycles. The first-order valence-electron chi connectivity index (χ1n) is 9.44. The highest BCUT2D eigenvalue weighted by Gasteiger charge is 2.24. The van der Waals surface area contributed by atoms with Crippen molar-refractivity contribution < 1.29 is 4.79 Å². The number of carbonyl (C=O) groups excluding carboxylic acids is 1. The van der Waals surface area contributed by atoms with Crippen molar-refractivity contribution in [2.45, 2.75) is 32.9 Å². The fourth-order valence-corrected chi connectivity index (χ4v) is 4.03. The van der Waals surface area contributed by atoms with E-state index in [9.17, 15) is 9.59 Å². The number of hydrogen-bond acceptors (Lipinski definition) is 3. The molecule has 0 bridgehead atoms. The average molecular weight is 364 g/mol. The summed E-state index contributed by atoms with van der Waals surface area (Å²) in [6, 6.07) is 9.39. The molecule has 1 aliphatic rings. The third-order valence-electron chi connectivity index (χ3n) is 5.42. The van der Waals surface area contributed by atoms with Crippen molar-refractivity contribution in [3.8, 4) is 0 Å². The molecule has 1 aliphatic heterocycles. The van der Waals surface area contributed by atoms with E-state index < -0.39 is 0 Å². The standard InChI is InChI=1S/C21H24N4O2/c1-16-11-20(26)25(19-7-3-2-6-18(16)19)14-21(27)24-9-4-5-17(13-24)12-23-10-8-22-15-23/h2-3,6-8,10-11,15,17H,4-5,9,12-14H2,1H3/t17-/m1/s1. The van der Waals surface area contributed by atoms with Crippen LogP contribution in [0, 0.1) is 12.8 Å². The molecule has 1 saturated heterocycles. The van der Waals surface area contributed by atoms with E-state index in [-0.39, 0.29) is 18.0 Å². The molecule has 27 heavy (non-hydrogen) atoms. The molecule has 1 fully saturated rings. The van der Waals surface area contributed by atoms with Crippen LogP contribution in [0.25, 0.3) is 10.9 Å². The number of para-hydroxylation sites is 1. The maximum atomic E-state index is 12.9. The number of piperidine rings is 1. The van der Waals surface area contributed by atoms with Crippen molar-refractivity contribution in [2.24, 2.45) is 5.92 Å². The summed E-state index contributed by atoms with van der Waals surface area (Å²) in [7, 11) is 0. The fraction of sp³-hybridized carbons (Fsp3) is 0.381. The van der Waals surface area contributed by atoms with Gasteiger partial charge in [0.15, 0.2) is 0 Å². The number of imidazole rings is 1. The van der Waals surface area contributed by atoms with Gasteiger partial charge in [0, 0.05) is 43.5 Å². The normalized spacial score (nSPS) is 17.4. The number of carbonyl (C=O) groups is 1. The number of rotatable bonds is 4. The van der Waals surface area contributed by atoms with Crippen LogP contribution in [-0.2, 0) is 17.9 Å². The SMILES string of the molecule is Cc1cc(=O)n(CC(=O)N2CCC[C@H](Cn3ccnc3)C2)c2ccccc12. The first-order valence-corrected chi connectivity index (χ1v) is 9.44. The van der Waals surface area contributed by atoms with Crippen LogP contribution in [-0.4, -0.2) is 38.0 Å². The smallest absolute Gasteiger partial charge is 0.251 e. The third-order valence-corrected chi connectivity index (χ3v) is 5.42. The number of amides is 1. The largest absolute Gasteiger partial charge is 0.341 e. The Hall–Kier alpha value is -2.89. The summed E-state index contributed by atoms with van der Waals surface area (Å²) in [6.07, 6.45) is 7.65. The molecule has 1 aromatic carbocycles. The van der Waals surface area contributed by atoms with Crippen molar-refractivity contribution in [3.63, 3.8) is 0 Å². The molecule has 4 rings (SSSR count). The number of aryl methyl sites for hydroxylation is 1. The van der Waals surface area contributed by atoms with Crippen LogP contribution in [0.5, 0.6) is 0 Å². The van der Waals surface area contributed by atoms with Gasteiger partial charge in [0.25, 0.3) is 5.56 Å². The first kappa shape index (κ1) is 17.5. The van der Waals surface area contributed by atoms with Crippen LogP contribution in [0.15, 0.2) is 53.8 Å². The Balaban J connectivity index is 1.52. The van der Waals surface area contributed by atoms with E-state index in [0.717, 1.165) is 48.9 Å². The summed E-state index contributed by atoms with van der Waals surface area (Å²) in [5, 5.41) is 1.02. The molecule has 1 amide bonds. The molecule has 0 saturated carbocycles. The Bertz CT molecular complexity index is 1010. The molecule has 3 aromatic rings.